The average Bonchev–Trinajstić information content (AvgIpc) is 3.64. The fourth-order valence-corrected chi connectivity index (χ4v) is 9.63. The van der Waals surface area contributed by atoms with Crippen molar-refractivity contribution in [3.8, 4) is 5.69 Å². The van der Waals surface area contributed by atoms with Crippen LogP contribution in [0.5, 0.6) is 0 Å². The topological polar surface area (TPSA) is 8.17 Å². The summed E-state index contributed by atoms with van der Waals surface area (Å²) in [6, 6.07) is 53.2. The van der Waals surface area contributed by atoms with Crippen molar-refractivity contribution in [2.75, 3.05) is 4.90 Å². The zero-order valence-corrected chi connectivity index (χ0v) is 25.2. The minimum absolute atomic E-state index is 1.16. The van der Waals surface area contributed by atoms with Crippen molar-refractivity contribution in [2.24, 2.45) is 0 Å². The third-order valence-electron chi connectivity index (χ3n) is 8.95. The van der Waals surface area contributed by atoms with Crippen molar-refractivity contribution in [1.29, 1.82) is 0 Å². The Bertz CT molecular complexity index is 2540. The molecule has 0 aliphatic carbocycles. The van der Waals surface area contributed by atoms with Gasteiger partial charge in [0.25, 0.3) is 0 Å². The fourth-order valence-electron chi connectivity index (χ4n) is 7.09. The number of benzene rings is 7. The highest BCUT2D eigenvalue weighted by Gasteiger charge is 2.30. The van der Waals surface area contributed by atoms with Gasteiger partial charge in [-0.05, 0) is 65.4 Å². The summed E-state index contributed by atoms with van der Waals surface area (Å²) >= 11 is 3.81. The van der Waals surface area contributed by atoms with Crippen molar-refractivity contribution in [1.82, 2.24) is 4.57 Å². The number of para-hydroxylation sites is 3. The molecule has 0 atom stereocenters. The van der Waals surface area contributed by atoms with Crippen LogP contribution in [0.1, 0.15) is 0 Å². The van der Waals surface area contributed by atoms with Crippen LogP contribution in [0, 0.1) is 0 Å². The van der Waals surface area contributed by atoms with E-state index in [0.717, 1.165) is 11.4 Å². The van der Waals surface area contributed by atoms with E-state index in [1.165, 1.54) is 73.9 Å². The van der Waals surface area contributed by atoms with Crippen LogP contribution in [-0.4, -0.2) is 4.57 Å². The first-order valence-corrected chi connectivity index (χ1v) is 16.5. The van der Waals surface area contributed by atoms with E-state index in [-0.39, 0.29) is 0 Å². The predicted octanol–water partition coefficient (Wildman–Crippen LogP) is 12.2. The second-order valence-electron chi connectivity index (χ2n) is 11.3. The minimum Gasteiger partial charge on any atom is -0.309 e. The summed E-state index contributed by atoms with van der Waals surface area (Å²) in [7, 11) is 0. The molecule has 1 aliphatic rings. The van der Waals surface area contributed by atoms with Crippen LogP contribution in [0.3, 0.4) is 0 Å². The molecule has 2 nitrogen and oxygen atoms in total. The van der Waals surface area contributed by atoms with E-state index < -0.39 is 0 Å². The summed E-state index contributed by atoms with van der Waals surface area (Å²) in [6.45, 7) is 0. The molecule has 0 fully saturated rings. The van der Waals surface area contributed by atoms with Crippen molar-refractivity contribution in [3.63, 3.8) is 0 Å². The van der Waals surface area contributed by atoms with Gasteiger partial charge in [-0.2, -0.15) is 0 Å². The average molecular weight is 597 g/mol. The molecule has 0 spiro atoms. The van der Waals surface area contributed by atoms with Crippen LogP contribution in [-0.2, 0) is 0 Å². The molecule has 7 aromatic carbocycles. The Morgan fingerprint density at radius 3 is 1.77 bits per heavy atom. The van der Waals surface area contributed by atoms with Gasteiger partial charge in [-0.25, -0.2) is 0 Å². The van der Waals surface area contributed by atoms with Crippen LogP contribution in [0.25, 0.3) is 58.4 Å². The molecule has 0 amide bonds. The van der Waals surface area contributed by atoms with Gasteiger partial charge in [0.2, 0.25) is 0 Å². The molecule has 0 bridgehead atoms. The number of thiophene rings is 1. The molecule has 10 rings (SSSR count). The van der Waals surface area contributed by atoms with E-state index >= 15 is 0 Å². The maximum absolute atomic E-state index is 2.50. The summed E-state index contributed by atoms with van der Waals surface area (Å²) in [4.78, 5) is 5.10. The lowest BCUT2D eigenvalue weighted by Gasteiger charge is -2.34. The van der Waals surface area contributed by atoms with E-state index in [1.54, 1.807) is 0 Å². The number of anilines is 3. The van der Waals surface area contributed by atoms with Crippen LogP contribution in [0.4, 0.5) is 17.1 Å². The van der Waals surface area contributed by atoms with Crippen LogP contribution in [0.2, 0.25) is 0 Å². The van der Waals surface area contributed by atoms with Crippen molar-refractivity contribution >= 4 is 92.9 Å². The highest BCUT2D eigenvalue weighted by atomic mass is 32.2. The molecule has 0 saturated carbocycles. The quantitative estimate of drug-likeness (QED) is 0.196. The van der Waals surface area contributed by atoms with E-state index in [2.05, 4.69) is 155 Å². The molecule has 2 aromatic heterocycles. The second kappa shape index (κ2) is 9.23. The van der Waals surface area contributed by atoms with E-state index in [9.17, 15) is 0 Å². The van der Waals surface area contributed by atoms with Crippen LogP contribution < -0.4 is 4.90 Å². The van der Waals surface area contributed by atoms with Crippen molar-refractivity contribution < 1.29 is 0 Å². The Labute approximate surface area is 262 Å². The Kier molecular flexibility index (Phi) is 5.12. The third-order valence-corrected chi connectivity index (χ3v) is 11.3. The number of nitrogens with zero attached hydrogens (tertiary/aromatic N) is 2. The lowest BCUT2D eigenvalue weighted by atomic mass is 10.0. The van der Waals surface area contributed by atoms with Crippen molar-refractivity contribution in [2.45, 2.75) is 9.79 Å². The second-order valence-corrected chi connectivity index (χ2v) is 13.4. The highest BCUT2D eigenvalue weighted by Crippen LogP contribution is 2.58. The third kappa shape index (κ3) is 3.32. The lowest BCUT2D eigenvalue weighted by molar-refractivity contribution is 1.16. The van der Waals surface area contributed by atoms with Crippen molar-refractivity contribution in [3.05, 3.63) is 146 Å². The molecule has 1 aliphatic heterocycles. The summed E-state index contributed by atoms with van der Waals surface area (Å²) in [5.74, 6) is 0. The largest absolute Gasteiger partial charge is 0.309 e. The predicted molar refractivity (Wildman–Crippen MR) is 190 cm³/mol. The SMILES string of the molecule is c1ccc2c(c1)Sc1c(c3sc4ccccc4c3c3ccccc13)N2c1ccc(-n2c3ccccc3c3ccccc32)cc1. The van der Waals surface area contributed by atoms with E-state index in [1.807, 2.05) is 23.1 Å². The van der Waals surface area contributed by atoms with Gasteiger partial charge in [0, 0.05) is 47.4 Å². The molecule has 0 unspecified atom stereocenters. The van der Waals surface area contributed by atoms with Gasteiger partial charge in [-0.15, -0.1) is 11.3 Å². The fraction of sp³-hybridized carbons (Fsp3) is 0. The standard InChI is InChI=1S/C40H24N2S2/c1-2-14-30-29(13-1)37-31-15-5-9-19-35(31)43-40(37)38-39(30)44-36-20-10-8-18-34(36)42(38)26-23-21-25(22-24-26)41-32-16-6-3-11-27(32)28-12-4-7-17-33(28)41/h1-24H. The number of hydrogen-bond acceptors (Lipinski definition) is 3. The molecule has 206 valence electrons. The Hall–Kier alpha value is -5.03. The molecule has 0 radical (unpaired) electrons. The van der Waals surface area contributed by atoms with Gasteiger partial charge in [0.1, 0.15) is 0 Å². The van der Waals surface area contributed by atoms with Crippen LogP contribution in [0.15, 0.2) is 155 Å². The molecule has 9 aromatic rings. The number of hydrogen-bond donors (Lipinski definition) is 0. The molecular weight excluding hydrogens is 573 g/mol. The Morgan fingerprint density at radius 2 is 1.02 bits per heavy atom. The van der Waals surface area contributed by atoms with Gasteiger partial charge in [0.15, 0.2) is 0 Å². The molecule has 4 heteroatoms. The minimum atomic E-state index is 1.16. The smallest absolute Gasteiger partial charge is 0.0787 e. The van der Waals surface area contributed by atoms with E-state index in [0.29, 0.717) is 0 Å². The highest BCUT2D eigenvalue weighted by molar-refractivity contribution is 8.00. The van der Waals surface area contributed by atoms with E-state index in [4.69, 9.17) is 0 Å². The summed E-state index contributed by atoms with van der Waals surface area (Å²) < 4.78 is 5.06. The summed E-state index contributed by atoms with van der Waals surface area (Å²) in [5.41, 5.74) is 7.29. The van der Waals surface area contributed by atoms with Gasteiger partial charge in [-0.3, -0.25) is 0 Å². The van der Waals surface area contributed by atoms with Crippen LogP contribution >= 0.6 is 23.1 Å². The maximum Gasteiger partial charge on any atom is 0.0787 e. The maximum atomic E-state index is 2.50. The zero-order valence-electron chi connectivity index (χ0n) is 23.6. The lowest BCUT2D eigenvalue weighted by Crippen LogP contribution is -2.15. The first-order valence-electron chi connectivity index (χ1n) is 14.9. The number of fused-ring (bicyclic) bond motifs is 12. The van der Waals surface area contributed by atoms with Gasteiger partial charge in [-0.1, -0.05) is 103 Å². The molecular formula is C40H24N2S2. The molecule has 44 heavy (non-hydrogen) atoms. The Balaban J connectivity index is 1.25. The summed E-state index contributed by atoms with van der Waals surface area (Å²) in [6.07, 6.45) is 0. The molecule has 0 N–H and O–H groups in total. The first-order chi connectivity index (χ1) is 21.8. The van der Waals surface area contributed by atoms with Gasteiger partial charge < -0.3 is 9.47 Å². The summed E-state index contributed by atoms with van der Waals surface area (Å²) in [5, 5.41) is 7.88. The molecule has 0 saturated heterocycles. The molecule has 3 heterocycles. The monoisotopic (exact) mass is 596 g/mol. The van der Waals surface area contributed by atoms with Gasteiger partial charge >= 0.3 is 0 Å². The first kappa shape index (κ1) is 24.4. The number of aromatic nitrogens is 1. The Morgan fingerprint density at radius 1 is 0.455 bits per heavy atom. The normalized spacial score (nSPS) is 12.9. The number of rotatable bonds is 2. The van der Waals surface area contributed by atoms with Gasteiger partial charge in [0.05, 0.1) is 27.1 Å². The zero-order chi connectivity index (χ0) is 28.8.